The predicted molar refractivity (Wildman–Crippen MR) is 126 cm³/mol. The maximum absolute atomic E-state index is 14.2. The SMILES string of the molecule is O=C(NCCCCN1CCCC1)[C@H]1[C@H](C(=O)NCc2c(F)ccc(F)c2Cl)[C@H]2C=C[C@H]1C21CC1. The van der Waals surface area contributed by atoms with Crippen molar-refractivity contribution in [2.24, 2.45) is 29.1 Å². The Balaban J connectivity index is 1.21. The minimum Gasteiger partial charge on any atom is -0.356 e. The van der Waals surface area contributed by atoms with Crippen molar-refractivity contribution in [3.05, 3.63) is 46.5 Å². The highest BCUT2D eigenvalue weighted by Crippen LogP contribution is 2.72. The third-order valence-corrected chi connectivity index (χ3v) is 8.83. The molecule has 3 fully saturated rings. The van der Waals surface area contributed by atoms with Gasteiger partial charge in [-0.2, -0.15) is 0 Å². The second kappa shape index (κ2) is 9.57. The minimum absolute atomic E-state index is 0.0104. The molecular weight excluding hydrogens is 460 g/mol. The lowest BCUT2D eigenvalue weighted by Gasteiger charge is -2.26. The van der Waals surface area contributed by atoms with E-state index in [1.54, 1.807) is 0 Å². The summed E-state index contributed by atoms with van der Waals surface area (Å²) in [7, 11) is 0. The number of nitrogens with zero attached hydrogens (tertiary/aromatic N) is 1. The molecule has 4 atom stereocenters. The molecule has 3 aliphatic carbocycles. The molecule has 2 amide bonds. The Kier molecular flexibility index (Phi) is 6.68. The Hall–Kier alpha value is -1.99. The first-order chi connectivity index (χ1) is 16.4. The zero-order valence-corrected chi connectivity index (χ0v) is 20.1. The maximum atomic E-state index is 14.2. The van der Waals surface area contributed by atoms with Gasteiger partial charge in [0.1, 0.15) is 11.6 Å². The second-order valence-electron chi connectivity index (χ2n) is 10.3. The third-order valence-electron chi connectivity index (χ3n) is 8.42. The molecule has 0 aromatic heterocycles. The van der Waals surface area contributed by atoms with Gasteiger partial charge in [0.15, 0.2) is 0 Å². The van der Waals surface area contributed by atoms with E-state index in [4.69, 9.17) is 11.6 Å². The standard InChI is InChI=1S/C26H32ClF2N3O2/c27-23-16(19(28)7-8-20(23)29)15-31-25(34)22-18-6-5-17(26(18)9-10-26)21(22)24(33)30-11-1-2-12-32-13-3-4-14-32/h5-8,17-18,21-22H,1-4,9-15H2,(H,30,33)(H,31,34)/t17-,18-,21-,22-/m1/s1. The largest absolute Gasteiger partial charge is 0.356 e. The average Bonchev–Trinajstić information content (AvgIpc) is 3.18. The van der Waals surface area contributed by atoms with E-state index in [-0.39, 0.29) is 46.2 Å². The molecule has 2 saturated carbocycles. The van der Waals surface area contributed by atoms with Crippen LogP contribution in [0.4, 0.5) is 8.78 Å². The number of likely N-dealkylation sites (tertiary alicyclic amines) is 1. The molecule has 1 aromatic rings. The number of hydrogen-bond acceptors (Lipinski definition) is 3. The fourth-order valence-electron chi connectivity index (χ4n) is 6.53. The van der Waals surface area contributed by atoms with Crippen LogP contribution in [-0.4, -0.2) is 42.9 Å². The number of amides is 2. The molecule has 8 heteroatoms. The Morgan fingerprint density at radius 1 is 0.971 bits per heavy atom. The summed E-state index contributed by atoms with van der Waals surface area (Å²) in [5.41, 5.74) is -0.0597. The Bertz CT molecular complexity index is 991. The summed E-state index contributed by atoms with van der Waals surface area (Å²) < 4.78 is 27.9. The molecule has 2 N–H and O–H groups in total. The molecule has 5 nitrogen and oxygen atoms in total. The molecule has 1 spiro atoms. The molecule has 0 unspecified atom stereocenters. The first-order valence-corrected chi connectivity index (χ1v) is 12.9. The normalized spacial score (nSPS) is 28.6. The Labute approximate surface area is 204 Å². The first-order valence-electron chi connectivity index (χ1n) is 12.5. The second-order valence-corrected chi connectivity index (χ2v) is 10.7. The van der Waals surface area contributed by atoms with Gasteiger partial charge in [-0.15, -0.1) is 0 Å². The fraction of sp³-hybridized carbons (Fsp3) is 0.615. The predicted octanol–water partition coefficient (Wildman–Crippen LogP) is 4.06. The van der Waals surface area contributed by atoms with Crippen molar-refractivity contribution < 1.29 is 18.4 Å². The summed E-state index contributed by atoms with van der Waals surface area (Å²) in [6, 6.07) is 1.97. The number of hydrogen-bond donors (Lipinski definition) is 2. The van der Waals surface area contributed by atoms with Gasteiger partial charge >= 0.3 is 0 Å². The van der Waals surface area contributed by atoms with Gasteiger partial charge in [0.25, 0.3) is 0 Å². The van der Waals surface area contributed by atoms with E-state index in [1.165, 1.54) is 25.9 Å². The molecule has 0 radical (unpaired) electrons. The fourth-order valence-corrected chi connectivity index (χ4v) is 6.75. The van der Waals surface area contributed by atoms with E-state index in [9.17, 15) is 18.4 Å². The monoisotopic (exact) mass is 491 g/mol. The molecule has 4 aliphatic rings. The van der Waals surface area contributed by atoms with Crippen molar-refractivity contribution in [2.45, 2.75) is 45.1 Å². The van der Waals surface area contributed by atoms with E-state index < -0.39 is 23.5 Å². The number of rotatable bonds is 9. The highest BCUT2D eigenvalue weighted by atomic mass is 35.5. The molecule has 34 heavy (non-hydrogen) atoms. The van der Waals surface area contributed by atoms with Crippen LogP contribution in [0.15, 0.2) is 24.3 Å². The molecular formula is C26H32ClF2N3O2. The number of halogens is 3. The van der Waals surface area contributed by atoms with Crippen molar-refractivity contribution in [3.63, 3.8) is 0 Å². The van der Waals surface area contributed by atoms with Gasteiger partial charge in [-0.05, 0) is 87.5 Å². The number of allylic oxidation sites excluding steroid dienone is 2. The lowest BCUT2D eigenvalue weighted by molar-refractivity contribution is -0.135. The van der Waals surface area contributed by atoms with Crippen LogP contribution in [0.1, 0.15) is 44.1 Å². The van der Waals surface area contributed by atoms with E-state index in [2.05, 4.69) is 27.7 Å². The average molecular weight is 492 g/mol. The topological polar surface area (TPSA) is 61.4 Å². The van der Waals surface area contributed by atoms with Gasteiger partial charge in [0, 0.05) is 18.7 Å². The zero-order valence-electron chi connectivity index (χ0n) is 19.3. The third kappa shape index (κ3) is 4.26. The van der Waals surface area contributed by atoms with Crippen LogP contribution in [-0.2, 0) is 16.1 Å². The van der Waals surface area contributed by atoms with Crippen LogP contribution in [0.25, 0.3) is 0 Å². The lowest BCUT2D eigenvalue weighted by atomic mass is 9.81. The van der Waals surface area contributed by atoms with Gasteiger partial charge < -0.3 is 15.5 Å². The molecule has 1 aliphatic heterocycles. The Morgan fingerprint density at radius 2 is 1.59 bits per heavy atom. The molecule has 1 aromatic carbocycles. The van der Waals surface area contributed by atoms with Crippen molar-refractivity contribution in [2.75, 3.05) is 26.2 Å². The van der Waals surface area contributed by atoms with Crippen LogP contribution in [0, 0.1) is 40.7 Å². The van der Waals surface area contributed by atoms with Gasteiger partial charge in [-0.3, -0.25) is 9.59 Å². The van der Waals surface area contributed by atoms with Gasteiger partial charge in [0.05, 0.1) is 16.9 Å². The number of nitrogens with one attached hydrogen (secondary N) is 2. The molecule has 1 saturated heterocycles. The molecule has 5 rings (SSSR count). The van der Waals surface area contributed by atoms with Crippen molar-refractivity contribution in [1.29, 1.82) is 0 Å². The van der Waals surface area contributed by atoms with Crippen LogP contribution in [0.3, 0.4) is 0 Å². The van der Waals surface area contributed by atoms with Crippen molar-refractivity contribution in [1.82, 2.24) is 15.5 Å². The maximum Gasteiger partial charge on any atom is 0.224 e. The van der Waals surface area contributed by atoms with E-state index in [0.29, 0.717) is 6.54 Å². The van der Waals surface area contributed by atoms with Gasteiger partial charge in [0.2, 0.25) is 11.8 Å². The highest BCUT2D eigenvalue weighted by molar-refractivity contribution is 6.31. The highest BCUT2D eigenvalue weighted by Gasteiger charge is 2.69. The number of carbonyl (C=O) groups is 2. The smallest absolute Gasteiger partial charge is 0.224 e. The Morgan fingerprint density at radius 3 is 2.24 bits per heavy atom. The van der Waals surface area contributed by atoms with E-state index >= 15 is 0 Å². The summed E-state index contributed by atoms with van der Waals surface area (Å²) in [4.78, 5) is 29.0. The summed E-state index contributed by atoms with van der Waals surface area (Å²) in [6.07, 6.45) is 10.7. The van der Waals surface area contributed by atoms with E-state index in [1.807, 2.05) is 0 Å². The molecule has 184 valence electrons. The van der Waals surface area contributed by atoms with Crippen molar-refractivity contribution in [3.8, 4) is 0 Å². The summed E-state index contributed by atoms with van der Waals surface area (Å²) in [5, 5.41) is 5.50. The molecule has 1 heterocycles. The summed E-state index contributed by atoms with van der Waals surface area (Å²) >= 11 is 5.92. The quantitative estimate of drug-likeness (QED) is 0.311. The van der Waals surface area contributed by atoms with Crippen LogP contribution in [0.5, 0.6) is 0 Å². The summed E-state index contributed by atoms with van der Waals surface area (Å²) in [5.74, 6) is -2.61. The lowest BCUT2D eigenvalue weighted by Crippen LogP contribution is -2.44. The first kappa shape index (κ1) is 23.7. The van der Waals surface area contributed by atoms with Gasteiger partial charge in [-0.25, -0.2) is 8.78 Å². The van der Waals surface area contributed by atoms with Crippen LogP contribution >= 0.6 is 11.6 Å². The summed E-state index contributed by atoms with van der Waals surface area (Å²) in [6.45, 7) is 3.81. The number of carbonyl (C=O) groups excluding carboxylic acids is 2. The van der Waals surface area contributed by atoms with E-state index in [0.717, 1.165) is 44.4 Å². The van der Waals surface area contributed by atoms with Crippen LogP contribution in [0.2, 0.25) is 5.02 Å². The van der Waals surface area contributed by atoms with Crippen LogP contribution < -0.4 is 10.6 Å². The molecule has 2 bridgehead atoms. The zero-order chi connectivity index (χ0) is 23.9. The number of benzene rings is 1. The van der Waals surface area contributed by atoms with Gasteiger partial charge in [-0.1, -0.05) is 23.8 Å². The minimum atomic E-state index is -0.728. The van der Waals surface area contributed by atoms with Crippen molar-refractivity contribution >= 4 is 23.4 Å². The number of unbranched alkanes of at least 4 members (excludes halogenated alkanes) is 1.